The van der Waals surface area contributed by atoms with Crippen molar-refractivity contribution in [2.45, 2.75) is 57.1 Å². The Hall–Kier alpha value is -0.160. The molecule has 2 heterocycles. The molecular weight excluding hydrogens is 250 g/mol. The first-order chi connectivity index (χ1) is 9.57. The average molecular weight is 283 g/mol. The Morgan fingerprint density at radius 2 is 1.85 bits per heavy atom. The normalized spacial score (nSPS) is 32.4. The van der Waals surface area contributed by atoms with Crippen LogP contribution < -0.4 is 5.73 Å². The van der Waals surface area contributed by atoms with Gasteiger partial charge in [-0.05, 0) is 65.2 Å². The smallest absolute Gasteiger partial charge is 0.0777 e. The van der Waals surface area contributed by atoms with Crippen molar-refractivity contribution in [2.24, 2.45) is 5.73 Å². The van der Waals surface area contributed by atoms with E-state index in [9.17, 15) is 0 Å². The number of likely N-dealkylation sites (tertiary alicyclic amines) is 2. The fraction of sp³-hybridized carbons (Fsp3) is 1.00. The first-order valence-electron chi connectivity index (χ1n) is 8.30. The molecular formula is C16H33N3O. The van der Waals surface area contributed by atoms with Crippen LogP contribution in [0.2, 0.25) is 0 Å². The van der Waals surface area contributed by atoms with Crippen LogP contribution in [-0.2, 0) is 4.74 Å². The molecule has 2 saturated heterocycles. The van der Waals surface area contributed by atoms with E-state index >= 15 is 0 Å². The summed E-state index contributed by atoms with van der Waals surface area (Å²) in [5.41, 5.74) is 6.45. The molecule has 2 aliphatic heterocycles. The molecule has 20 heavy (non-hydrogen) atoms. The number of methoxy groups -OCH3 is 1. The van der Waals surface area contributed by atoms with Crippen LogP contribution in [0.1, 0.15) is 46.0 Å². The minimum absolute atomic E-state index is 0.0149. The van der Waals surface area contributed by atoms with Gasteiger partial charge in [0.25, 0.3) is 0 Å². The van der Waals surface area contributed by atoms with Crippen molar-refractivity contribution < 1.29 is 4.74 Å². The molecule has 4 heteroatoms. The molecule has 0 saturated carbocycles. The van der Waals surface area contributed by atoms with Gasteiger partial charge < -0.3 is 15.4 Å². The molecule has 0 aromatic heterocycles. The second-order valence-electron chi connectivity index (χ2n) is 6.95. The van der Waals surface area contributed by atoms with Gasteiger partial charge in [-0.15, -0.1) is 0 Å². The zero-order valence-electron chi connectivity index (χ0n) is 13.7. The van der Waals surface area contributed by atoms with E-state index in [1.807, 2.05) is 7.11 Å². The lowest BCUT2D eigenvalue weighted by Crippen LogP contribution is -2.64. The van der Waals surface area contributed by atoms with Crippen molar-refractivity contribution in [2.75, 3.05) is 46.4 Å². The van der Waals surface area contributed by atoms with Gasteiger partial charge in [0.05, 0.1) is 5.60 Å². The van der Waals surface area contributed by atoms with Crippen LogP contribution in [0.3, 0.4) is 0 Å². The summed E-state index contributed by atoms with van der Waals surface area (Å²) in [6, 6.07) is 0. The van der Waals surface area contributed by atoms with Crippen molar-refractivity contribution >= 4 is 0 Å². The lowest BCUT2D eigenvalue weighted by molar-refractivity contribution is -0.0913. The summed E-state index contributed by atoms with van der Waals surface area (Å²) in [7, 11) is 1.85. The van der Waals surface area contributed by atoms with Crippen molar-refractivity contribution in [3.63, 3.8) is 0 Å². The van der Waals surface area contributed by atoms with Crippen LogP contribution in [0.15, 0.2) is 0 Å². The van der Waals surface area contributed by atoms with Crippen LogP contribution >= 0.6 is 0 Å². The average Bonchev–Trinajstić information content (AvgIpc) is 2.49. The molecule has 0 spiro atoms. The van der Waals surface area contributed by atoms with Gasteiger partial charge in [0.1, 0.15) is 0 Å². The molecule has 4 nitrogen and oxygen atoms in total. The van der Waals surface area contributed by atoms with Gasteiger partial charge in [-0.1, -0.05) is 6.92 Å². The Balaban J connectivity index is 2.01. The Bertz CT molecular complexity index is 302. The highest BCUT2D eigenvalue weighted by Crippen LogP contribution is 2.34. The number of ether oxygens (including phenoxy) is 1. The lowest BCUT2D eigenvalue weighted by atomic mass is 9.82. The van der Waals surface area contributed by atoms with E-state index in [1.165, 1.54) is 58.3 Å². The van der Waals surface area contributed by atoms with E-state index in [4.69, 9.17) is 10.5 Å². The topological polar surface area (TPSA) is 41.7 Å². The monoisotopic (exact) mass is 283 g/mol. The van der Waals surface area contributed by atoms with Gasteiger partial charge in [-0.2, -0.15) is 0 Å². The molecule has 2 aliphatic rings. The lowest BCUT2D eigenvalue weighted by Gasteiger charge is -2.53. The van der Waals surface area contributed by atoms with Crippen LogP contribution in [-0.4, -0.2) is 67.3 Å². The van der Waals surface area contributed by atoms with E-state index in [1.54, 1.807) is 0 Å². The number of rotatable bonds is 5. The Labute approximate surface area is 124 Å². The minimum Gasteiger partial charge on any atom is -0.377 e. The molecule has 0 aromatic rings. The molecule has 0 amide bonds. The standard InChI is InChI=1S/C16H33N3O/c1-4-9-18-11-7-16(13-17,8-12-18)19-10-5-6-15(2,14-19)20-3/h4-14,17H2,1-3H3. The third-order valence-corrected chi connectivity index (χ3v) is 5.53. The number of piperidine rings is 2. The van der Waals surface area contributed by atoms with Crippen molar-refractivity contribution in [1.29, 1.82) is 0 Å². The van der Waals surface area contributed by atoms with Gasteiger partial charge in [-0.3, -0.25) is 4.90 Å². The van der Waals surface area contributed by atoms with E-state index in [2.05, 4.69) is 23.6 Å². The third-order valence-electron chi connectivity index (χ3n) is 5.53. The van der Waals surface area contributed by atoms with Crippen LogP contribution in [0.25, 0.3) is 0 Å². The van der Waals surface area contributed by atoms with Gasteiger partial charge in [0.15, 0.2) is 0 Å². The maximum Gasteiger partial charge on any atom is 0.0777 e. The summed E-state index contributed by atoms with van der Waals surface area (Å²) >= 11 is 0. The Morgan fingerprint density at radius 1 is 1.15 bits per heavy atom. The fourth-order valence-electron chi connectivity index (χ4n) is 3.94. The van der Waals surface area contributed by atoms with Crippen molar-refractivity contribution in [3.8, 4) is 0 Å². The minimum atomic E-state index is 0.0149. The predicted molar refractivity (Wildman–Crippen MR) is 84.0 cm³/mol. The SMILES string of the molecule is CCCN1CCC(CN)(N2CCCC(C)(OC)C2)CC1. The molecule has 1 atom stereocenters. The predicted octanol–water partition coefficient (Wildman–Crippen LogP) is 1.69. The second-order valence-corrected chi connectivity index (χ2v) is 6.95. The summed E-state index contributed by atoms with van der Waals surface area (Å²) in [5.74, 6) is 0. The van der Waals surface area contributed by atoms with Crippen LogP contribution in [0, 0.1) is 0 Å². The highest BCUT2D eigenvalue weighted by Gasteiger charge is 2.43. The van der Waals surface area contributed by atoms with Gasteiger partial charge in [0, 0.05) is 25.7 Å². The second kappa shape index (κ2) is 6.73. The molecule has 118 valence electrons. The van der Waals surface area contributed by atoms with E-state index in [0.717, 1.165) is 13.1 Å². The first kappa shape index (κ1) is 16.2. The zero-order valence-corrected chi connectivity index (χ0v) is 13.7. The number of hydrogen-bond acceptors (Lipinski definition) is 4. The summed E-state index contributed by atoms with van der Waals surface area (Å²) in [5, 5.41) is 0. The Morgan fingerprint density at radius 3 is 2.40 bits per heavy atom. The molecule has 2 fully saturated rings. The summed E-state index contributed by atoms with van der Waals surface area (Å²) in [6.45, 7) is 11.1. The summed E-state index contributed by atoms with van der Waals surface area (Å²) in [6.07, 6.45) is 6.07. The Kier molecular flexibility index (Phi) is 5.46. The molecule has 2 rings (SSSR count). The van der Waals surface area contributed by atoms with Gasteiger partial charge >= 0.3 is 0 Å². The van der Waals surface area contributed by atoms with E-state index < -0.39 is 0 Å². The molecule has 0 aromatic carbocycles. The zero-order chi connectivity index (χ0) is 14.6. The quantitative estimate of drug-likeness (QED) is 0.834. The maximum absolute atomic E-state index is 6.22. The van der Waals surface area contributed by atoms with Gasteiger partial charge in [0.2, 0.25) is 0 Å². The summed E-state index contributed by atoms with van der Waals surface area (Å²) < 4.78 is 5.76. The fourth-order valence-corrected chi connectivity index (χ4v) is 3.94. The molecule has 0 radical (unpaired) electrons. The third kappa shape index (κ3) is 3.35. The number of hydrogen-bond donors (Lipinski definition) is 1. The van der Waals surface area contributed by atoms with E-state index in [-0.39, 0.29) is 11.1 Å². The molecule has 0 aliphatic carbocycles. The van der Waals surface area contributed by atoms with Crippen molar-refractivity contribution in [3.05, 3.63) is 0 Å². The largest absolute Gasteiger partial charge is 0.377 e. The molecule has 1 unspecified atom stereocenters. The van der Waals surface area contributed by atoms with Crippen LogP contribution in [0.5, 0.6) is 0 Å². The van der Waals surface area contributed by atoms with Crippen LogP contribution in [0.4, 0.5) is 0 Å². The highest BCUT2D eigenvalue weighted by atomic mass is 16.5. The van der Waals surface area contributed by atoms with Gasteiger partial charge in [-0.25, -0.2) is 0 Å². The van der Waals surface area contributed by atoms with E-state index in [0.29, 0.717) is 0 Å². The molecule has 0 bridgehead atoms. The first-order valence-corrected chi connectivity index (χ1v) is 8.30. The number of nitrogens with zero attached hydrogens (tertiary/aromatic N) is 2. The molecule has 2 N–H and O–H groups in total. The number of nitrogens with two attached hydrogens (primary N) is 1. The summed E-state index contributed by atoms with van der Waals surface area (Å²) in [4.78, 5) is 5.23. The van der Waals surface area contributed by atoms with Crippen molar-refractivity contribution in [1.82, 2.24) is 9.80 Å². The maximum atomic E-state index is 6.22. The highest BCUT2D eigenvalue weighted by molar-refractivity contribution is 5.00.